The van der Waals surface area contributed by atoms with Crippen molar-refractivity contribution in [2.75, 3.05) is 5.73 Å². The molecule has 0 unspecified atom stereocenters. The summed E-state index contributed by atoms with van der Waals surface area (Å²) in [6, 6.07) is 5.66. The van der Waals surface area contributed by atoms with Crippen molar-refractivity contribution < 1.29 is 14.3 Å². The Morgan fingerprint density at radius 3 is 2.93 bits per heavy atom. The first-order valence-corrected chi connectivity index (χ1v) is 8.95. The van der Waals surface area contributed by atoms with E-state index < -0.39 is 23.0 Å². The minimum absolute atomic E-state index is 0.104. The Labute approximate surface area is 159 Å². The molecule has 4 rings (SSSR count). The van der Waals surface area contributed by atoms with Crippen LogP contribution in [-0.2, 0) is 13.0 Å². The Morgan fingerprint density at radius 2 is 2.21 bits per heavy atom. The van der Waals surface area contributed by atoms with Crippen molar-refractivity contribution in [3.8, 4) is 5.75 Å². The number of carbonyl (C=O) groups excluding carboxylic acids is 1. The van der Waals surface area contributed by atoms with E-state index in [4.69, 9.17) is 5.73 Å². The molecule has 144 valence electrons. The molecular formula is C20H19FN4O3. The molecule has 1 amide bonds. The third-order valence-corrected chi connectivity index (χ3v) is 5.12. The molecule has 28 heavy (non-hydrogen) atoms. The molecule has 1 aromatic carbocycles. The maximum absolute atomic E-state index is 14.0. The van der Waals surface area contributed by atoms with Gasteiger partial charge in [-0.05, 0) is 49.1 Å². The molecule has 0 spiro atoms. The van der Waals surface area contributed by atoms with Crippen molar-refractivity contribution in [2.24, 2.45) is 0 Å². The van der Waals surface area contributed by atoms with Gasteiger partial charge in [0, 0.05) is 24.2 Å². The van der Waals surface area contributed by atoms with E-state index in [1.165, 1.54) is 16.8 Å². The van der Waals surface area contributed by atoms with Gasteiger partial charge < -0.3 is 20.7 Å². The fraction of sp³-hybridized carbons (Fsp3) is 0.250. The number of nitrogens with two attached hydrogens (primary N) is 1. The van der Waals surface area contributed by atoms with Crippen LogP contribution in [0.5, 0.6) is 5.75 Å². The molecule has 2 aromatic heterocycles. The van der Waals surface area contributed by atoms with Crippen LogP contribution in [0.2, 0.25) is 0 Å². The summed E-state index contributed by atoms with van der Waals surface area (Å²) in [5.74, 6) is -1.39. The van der Waals surface area contributed by atoms with Crippen molar-refractivity contribution in [3.63, 3.8) is 0 Å². The van der Waals surface area contributed by atoms with E-state index in [9.17, 15) is 19.1 Å². The number of aryl methyl sites for hydroxylation is 1. The lowest BCUT2D eigenvalue weighted by Gasteiger charge is -2.26. The number of nitrogens with zero attached hydrogens (tertiary/aromatic N) is 2. The number of aromatic hydroxyl groups is 1. The number of amides is 1. The summed E-state index contributed by atoms with van der Waals surface area (Å²) in [6.07, 6.45) is 2.76. The molecule has 0 saturated heterocycles. The fourth-order valence-electron chi connectivity index (χ4n) is 3.70. The molecule has 3 aromatic rings. The van der Waals surface area contributed by atoms with Gasteiger partial charge in [-0.25, -0.2) is 9.37 Å². The summed E-state index contributed by atoms with van der Waals surface area (Å²) in [5.41, 5.74) is 6.39. The number of hydrogen-bond donors (Lipinski definition) is 3. The summed E-state index contributed by atoms with van der Waals surface area (Å²) in [6.45, 7) is 1.97. The molecule has 0 fully saturated rings. The lowest BCUT2D eigenvalue weighted by atomic mass is 9.95. The number of aromatic nitrogens is 2. The Bertz CT molecular complexity index is 1160. The van der Waals surface area contributed by atoms with Crippen LogP contribution in [-0.4, -0.2) is 20.6 Å². The lowest BCUT2D eigenvalue weighted by molar-refractivity contribution is 0.0946. The zero-order valence-electron chi connectivity index (χ0n) is 15.2. The number of carbonyl (C=O) groups is 1. The highest BCUT2D eigenvalue weighted by atomic mass is 19.1. The third-order valence-electron chi connectivity index (χ3n) is 5.12. The number of halogens is 1. The molecular weight excluding hydrogens is 363 g/mol. The topological polar surface area (TPSA) is 110 Å². The molecule has 0 bridgehead atoms. The van der Waals surface area contributed by atoms with E-state index in [1.807, 2.05) is 6.92 Å². The molecule has 0 aliphatic carbocycles. The Hall–Kier alpha value is -3.42. The highest BCUT2D eigenvalue weighted by Crippen LogP contribution is 2.35. The normalized spacial score (nSPS) is 15.6. The molecule has 3 heterocycles. The smallest absolute Gasteiger partial charge is 0.267 e. The van der Waals surface area contributed by atoms with Gasteiger partial charge in [-0.2, -0.15) is 0 Å². The first-order valence-electron chi connectivity index (χ1n) is 8.95. The van der Waals surface area contributed by atoms with Crippen molar-refractivity contribution >= 4 is 22.6 Å². The highest BCUT2D eigenvalue weighted by Gasteiger charge is 2.28. The molecule has 8 heteroatoms. The SMILES string of the molecule is C[C@@H]1CCc2cc(F)cc3c(O)c(C(=O)NCc4ccc(N)nc4)c(=O)n1c23. The average molecular weight is 382 g/mol. The van der Waals surface area contributed by atoms with E-state index in [-0.39, 0.29) is 23.5 Å². The van der Waals surface area contributed by atoms with Gasteiger partial charge in [-0.3, -0.25) is 9.59 Å². The predicted octanol–water partition coefficient (Wildman–Crippen LogP) is 2.26. The first-order chi connectivity index (χ1) is 13.4. The van der Waals surface area contributed by atoms with Gasteiger partial charge in [0.05, 0.1) is 5.52 Å². The number of nitrogen functional groups attached to an aromatic ring is 1. The van der Waals surface area contributed by atoms with Gasteiger partial charge in [-0.1, -0.05) is 6.07 Å². The Morgan fingerprint density at radius 1 is 1.43 bits per heavy atom. The van der Waals surface area contributed by atoms with E-state index in [0.29, 0.717) is 35.3 Å². The summed E-state index contributed by atoms with van der Waals surface area (Å²) in [5, 5.41) is 13.4. The van der Waals surface area contributed by atoms with Gasteiger partial charge in [-0.15, -0.1) is 0 Å². The standard InChI is InChI=1S/C20H19FN4O3/c1-10-2-4-12-6-13(21)7-14-17(12)25(10)20(28)16(18(14)26)19(27)24-9-11-3-5-15(22)23-8-11/h3,5-8,10,26H,2,4,9H2,1H3,(H2,22,23)(H,24,27)/t10-/m1/s1. The van der Waals surface area contributed by atoms with E-state index >= 15 is 0 Å². The largest absolute Gasteiger partial charge is 0.506 e. The quantitative estimate of drug-likeness (QED) is 0.644. The van der Waals surface area contributed by atoms with Crippen LogP contribution < -0.4 is 16.6 Å². The zero-order valence-corrected chi connectivity index (χ0v) is 15.2. The Kier molecular flexibility index (Phi) is 4.26. The van der Waals surface area contributed by atoms with Gasteiger partial charge in [0.25, 0.3) is 11.5 Å². The first kappa shape index (κ1) is 18.0. The van der Waals surface area contributed by atoms with Gasteiger partial charge >= 0.3 is 0 Å². The predicted molar refractivity (Wildman–Crippen MR) is 103 cm³/mol. The maximum atomic E-state index is 14.0. The molecule has 0 saturated carbocycles. The molecule has 1 atom stereocenters. The summed E-state index contributed by atoms with van der Waals surface area (Å²) in [7, 11) is 0. The van der Waals surface area contributed by atoms with Crippen LogP contribution in [0.3, 0.4) is 0 Å². The fourth-order valence-corrected chi connectivity index (χ4v) is 3.70. The lowest BCUT2D eigenvalue weighted by Crippen LogP contribution is -2.36. The third kappa shape index (κ3) is 2.87. The number of benzene rings is 1. The van der Waals surface area contributed by atoms with Crippen molar-refractivity contribution in [2.45, 2.75) is 32.4 Å². The van der Waals surface area contributed by atoms with Crippen LogP contribution in [0.1, 0.15) is 40.9 Å². The van der Waals surface area contributed by atoms with Gasteiger partial charge in [0.1, 0.15) is 22.9 Å². The van der Waals surface area contributed by atoms with Crippen LogP contribution in [0, 0.1) is 5.82 Å². The minimum Gasteiger partial charge on any atom is -0.506 e. The number of hydrogen-bond acceptors (Lipinski definition) is 5. The van der Waals surface area contributed by atoms with Crippen molar-refractivity contribution in [1.82, 2.24) is 14.9 Å². The van der Waals surface area contributed by atoms with E-state index in [1.54, 1.807) is 12.1 Å². The number of rotatable bonds is 3. The monoisotopic (exact) mass is 382 g/mol. The second-order valence-electron chi connectivity index (χ2n) is 7.02. The number of nitrogens with one attached hydrogen (secondary N) is 1. The maximum Gasteiger partial charge on any atom is 0.267 e. The van der Waals surface area contributed by atoms with Crippen molar-refractivity contribution in [1.29, 1.82) is 0 Å². The molecule has 4 N–H and O–H groups in total. The highest BCUT2D eigenvalue weighted by molar-refractivity contribution is 6.03. The summed E-state index contributed by atoms with van der Waals surface area (Å²) in [4.78, 5) is 29.7. The van der Waals surface area contributed by atoms with Crippen LogP contribution in [0.4, 0.5) is 10.2 Å². The average Bonchev–Trinajstić information content (AvgIpc) is 2.66. The van der Waals surface area contributed by atoms with E-state index in [2.05, 4.69) is 10.3 Å². The van der Waals surface area contributed by atoms with Crippen molar-refractivity contribution in [3.05, 3.63) is 63.3 Å². The number of pyridine rings is 2. The van der Waals surface area contributed by atoms with Crippen LogP contribution in [0.15, 0.2) is 35.3 Å². The molecule has 7 nitrogen and oxygen atoms in total. The zero-order chi connectivity index (χ0) is 20.0. The molecule has 0 radical (unpaired) electrons. The summed E-state index contributed by atoms with van der Waals surface area (Å²) >= 11 is 0. The van der Waals surface area contributed by atoms with Gasteiger partial charge in [0.15, 0.2) is 0 Å². The molecule has 1 aliphatic heterocycles. The van der Waals surface area contributed by atoms with Crippen LogP contribution in [0.25, 0.3) is 10.9 Å². The number of anilines is 1. The summed E-state index contributed by atoms with van der Waals surface area (Å²) < 4.78 is 15.5. The molecule has 1 aliphatic rings. The second-order valence-corrected chi connectivity index (χ2v) is 7.02. The van der Waals surface area contributed by atoms with E-state index in [0.717, 1.165) is 6.07 Å². The van der Waals surface area contributed by atoms with Crippen LogP contribution >= 0.6 is 0 Å². The second kappa shape index (κ2) is 6.63. The van der Waals surface area contributed by atoms with Gasteiger partial charge in [0.2, 0.25) is 0 Å². The Balaban J connectivity index is 1.80. The minimum atomic E-state index is -0.728.